The van der Waals surface area contributed by atoms with E-state index in [0.29, 0.717) is 17.9 Å². The van der Waals surface area contributed by atoms with E-state index in [1.165, 1.54) is 0 Å². The number of nitrogens with one attached hydrogen (secondary N) is 2. The molecular formula is C19H20N4O2. The van der Waals surface area contributed by atoms with Gasteiger partial charge in [-0.05, 0) is 43.2 Å². The Morgan fingerprint density at radius 3 is 2.92 bits per heavy atom. The highest BCUT2D eigenvalue weighted by atomic mass is 16.5. The maximum absolute atomic E-state index is 12.2. The molecule has 0 saturated carbocycles. The Hall–Kier alpha value is -3.15. The lowest BCUT2D eigenvalue weighted by atomic mass is 10.1. The zero-order valence-electron chi connectivity index (χ0n) is 14.0. The van der Waals surface area contributed by atoms with Crippen LogP contribution in [-0.2, 0) is 6.42 Å². The van der Waals surface area contributed by atoms with Crippen LogP contribution >= 0.6 is 0 Å². The molecule has 0 saturated heterocycles. The molecule has 0 bridgehead atoms. The van der Waals surface area contributed by atoms with Gasteiger partial charge in [-0.2, -0.15) is 5.10 Å². The summed E-state index contributed by atoms with van der Waals surface area (Å²) in [6.07, 6.45) is 3.44. The topological polar surface area (TPSA) is 79.9 Å². The van der Waals surface area contributed by atoms with E-state index in [4.69, 9.17) is 4.74 Å². The van der Waals surface area contributed by atoms with E-state index in [2.05, 4.69) is 20.5 Å². The van der Waals surface area contributed by atoms with Crippen molar-refractivity contribution in [2.24, 2.45) is 0 Å². The number of hydrogen-bond acceptors (Lipinski definition) is 4. The fourth-order valence-electron chi connectivity index (χ4n) is 2.48. The first-order chi connectivity index (χ1) is 12.3. The molecule has 0 atom stereocenters. The lowest BCUT2D eigenvalue weighted by molar-refractivity contribution is 0.0948. The Labute approximate surface area is 146 Å². The summed E-state index contributed by atoms with van der Waals surface area (Å²) in [7, 11) is 1.62. The fraction of sp³-hybridized carbons (Fsp3) is 0.211. The van der Waals surface area contributed by atoms with E-state index in [-0.39, 0.29) is 5.91 Å². The van der Waals surface area contributed by atoms with Gasteiger partial charge in [0.05, 0.1) is 12.8 Å². The van der Waals surface area contributed by atoms with E-state index in [1.54, 1.807) is 19.4 Å². The van der Waals surface area contributed by atoms with Crippen LogP contribution in [0.3, 0.4) is 0 Å². The van der Waals surface area contributed by atoms with Crippen molar-refractivity contribution in [2.75, 3.05) is 13.7 Å². The summed E-state index contributed by atoms with van der Waals surface area (Å²) in [6, 6.07) is 15.1. The van der Waals surface area contributed by atoms with Gasteiger partial charge in [-0.1, -0.05) is 18.2 Å². The van der Waals surface area contributed by atoms with E-state index >= 15 is 0 Å². The quantitative estimate of drug-likeness (QED) is 0.650. The number of methoxy groups -OCH3 is 1. The van der Waals surface area contributed by atoms with Gasteiger partial charge < -0.3 is 10.1 Å². The van der Waals surface area contributed by atoms with Gasteiger partial charge in [0.25, 0.3) is 5.91 Å². The number of amides is 1. The van der Waals surface area contributed by atoms with Gasteiger partial charge in [-0.15, -0.1) is 0 Å². The molecule has 0 aliphatic rings. The standard InChI is InChI=1S/C19H20N4O2/c1-25-16-9-4-6-14(12-16)17-13-18(23-22-17)19(24)21-11-5-8-15-7-2-3-10-20-15/h2-4,6-7,9-10,12-13H,5,8,11H2,1H3,(H,21,24)(H,22,23). The maximum atomic E-state index is 12.2. The van der Waals surface area contributed by atoms with Crippen LogP contribution in [0.5, 0.6) is 5.75 Å². The molecule has 0 aliphatic carbocycles. The number of carbonyl (C=O) groups is 1. The van der Waals surface area contributed by atoms with Gasteiger partial charge in [-0.25, -0.2) is 0 Å². The van der Waals surface area contributed by atoms with Crippen molar-refractivity contribution in [2.45, 2.75) is 12.8 Å². The highest BCUT2D eigenvalue weighted by Crippen LogP contribution is 2.22. The van der Waals surface area contributed by atoms with Crippen molar-refractivity contribution in [3.05, 3.63) is 66.1 Å². The van der Waals surface area contributed by atoms with E-state index < -0.39 is 0 Å². The van der Waals surface area contributed by atoms with Crippen LogP contribution in [-0.4, -0.2) is 34.7 Å². The first-order valence-corrected chi connectivity index (χ1v) is 8.14. The van der Waals surface area contributed by atoms with Crippen molar-refractivity contribution in [1.82, 2.24) is 20.5 Å². The highest BCUT2D eigenvalue weighted by molar-refractivity contribution is 5.93. The number of aromatic nitrogens is 3. The zero-order chi connectivity index (χ0) is 17.5. The number of hydrogen-bond donors (Lipinski definition) is 2. The number of benzene rings is 1. The summed E-state index contributed by atoms with van der Waals surface area (Å²) in [5.41, 5.74) is 3.07. The molecule has 6 nitrogen and oxygen atoms in total. The molecule has 25 heavy (non-hydrogen) atoms. The summed E-state index contributed by atoms with van der Waals surface area (Å²) < 4.78 is 5.21. The summed E-state index contributed by atoms with van der Waals surface area (Å²) in [6.45, 7) is 0.586. The Kier molecular flexibility index (Phi) is 5.41. The van der Waals surface area contributed by atoms with Crippen molar-refractivity contribution < 1.29 is 9.53 Å². The number of carbonyl (C=O) groups excluding carboxylic acids is 1. The van der Waals surface area contributed by atoms with E-state index in [9.17, 15) is 4.79 Å². The van der Waals surface area contributed by atoms with Gasteiger partial charge >= 0.3 is 0 Å². The number of pyridine rings is 1. The maximum Gasteiger partial charge on any atom is 0.269 e. The molecular weight excluding hydrogens is 316 g/mol. The van der Waals surface area contributed by atoms with Crippen LogP contribution in [0.25, 0.3) is 11.3 Å². The highest BCUT2D eigenvalue weighted by Gasteiger charge is 2.11. The lowest BCUT2D eigenvalue weighted by Gasteiger charge is -2.03. The van der Waals surface area contributed by atoms with E-state index in [1.807, 2.05) is 42.5 Å². The molecule has 2 aromatic heterocycles. The van der Waals surface area contributed by atoms with Crippen LogP contribution in [0.2, 0.25) is 0 Å². The van der Waals surface area contributed by atoms with Crippen LogP contribution < -0.4 is 10.1 Å². The number of aromatic amines is 1. The van der Waals surface area contributed by atoms with Crippen LogP contribution in [0.15, 0.2) is 54.7 Å². The number of aryl methyl sites for hydroxylation is 1. The zero-order valence-corrected chi connectivity index (χ0v) is 14.0. The van der Waals surface area contributed by atoms with Gasteiger partial charge in [-0.3, -0.25) is 14.9 Å². The summed E-state index contributed by atoms with van der Waals surface area (Å²) >= 11 is 0. The number of nitrogens with zero attached hydrogens (tertiary/aromatic N) is 2. The molecule has 2 heterocycles. The fourth-order valence-corrected chi connectivity index (χ4v) is 2.48. The largest absolute Gasteiger partial charge is 0.497 e. The normalized spacial score (nSPS) is 10.4. The van der Waals surface area contributed by atoms with Crippen LogP contribution in [0, 0.1) is 0 Å². The third-order valence-corrected chi connectivity index (χ3v) is 3.81. The molecule has 128 valence electrons. The predicted molar refractivity (Wildman–Crippen MR) is 95.5 cm³/mol. The third kappa shape index (κ3) is 4.44. The minimum Gasteiger partial charge on any atom is -0.497 e. The number of H-pyrrole nitrogens is 1. The van der Waals surface area contributed by atoms with Gasteiger partial charge in [0.2, 0.25) is 0 Å². The summed E-state index contributed by atoms with van der Waals surface area (Å²) in [4.78, 5) is 16.5. The number of rotatable bonds is 7. The predicted octanol–water partition coefficient (Wildman–Crippen LogP) is 2.84. The van der Waals surface area contributed by atoms with Crippen molar-refractivity contribution in [1.29, 1.82) is 0 Å². The van der Waals surface area contributed by atoms with Crippen molar-refractivity contribution >= 4 is 5.91 Å². The Bertz CT molecular complexity index is 830. The average Bonchev–Trinajstić information content (AvgIpc) is 3.16. The van der Waals surface area contributed by atoms with Crippen molar-refractivity contribution in [3.8, 4) is 17.0 Å². The van der Waals surface area contributed by atoms with Crippen LogP contribution in [0.1, 0.15) is 22.6 Å². The second-order valence-corrected chi connectivity index (χ2v) is 5.58. The molecule has 0 fully saturated rings. The minimum absolute atomic E-state index is 0.164. The van der Waals surface area contributed by atoms with Crippen LogP contribution in [0.4, 0.5) is 0 Å². The molecule has 0 aliphatic heterocycles. The third-order valence-electron chi connectivity index (χ3n) is 3.81. The molecule has 0 unspecified atom stereocenters. The number of ether oxygens (including phenoxy) is 1. The van der Waals surface area contributed by atoms with Gasteiger partial charge in [0.15, 0.2) is 0 Å². The smallest absolute Gasteiger partial charge is 0.269 e. The summed E-state index contributed by atoms with van der Waals surface area (Å²) in [5.74, 6) is 0.587. The molecule has 6 heteroatoms. The van der Waals surface area contributed by atoms with Gasteiger partial charge in [0.1, 0.15) is 11.4 Å². The lowest BCUT2D eigenvalue weighted by Crippen LogP contribution is -2.25. The van der Waals surface area contributed by atoms with Gasteiger partial charge in [0, 0.05) is 24.0 Å². The SMILES string of the molecule is COc1cccc(-c2cc(C(=O)NCCCc3ccccn3)[nH]n2)c1. The molecule has 1 amide bonds. The monoisotopic (exact) mass is 336 g/mol. The Morgan fingerprint density at radius 2 is 2.12 bits per heavy atom. The molecule has 0 radical (unpaired) electrons. The first-order valence-electron chi connectivity index (χ1n) is 8.14. The molecule has 2 N–H and O–H groups in total. The molecule has 3 rings (SSSR count). The molecule has 0 spiro atoms. The first kappa shape index (κ1) is 16.7. The Balaban J connectivity index is 1.53. The Morgan fingerprint density at radius 1 is 1.20 bits per heavy atom. The molecule has 3 aromatic rings. The van der Waals surface area contributed by atoms with E-state index in [0.717, 1.165) is 29.8 Å². The van der Waals surface area contributed by atoms with Crippen molar-refractivity contribution in [3.63, 3.8) is 0 Å². The summed E-state index contributed by atoms with van der Waals surface area (Å²) in [5, 5.41) is 9.89. The minimum atomic E-state index is -0.164. The second-order valence-electron chi connectivity index (χ2n) is 5.58. The second kappa shape index (κ2) is 8.10. The average molecular weight is 336 g/mol. The molecule has 1 aromatic carbocycles.